The van der Waals surface area contributed by atoms with Crippen molar-refractivity contribution in [2.24, 2.45) is 0 Å². The molecule has 10 nitrogen and oxygen atoms in total. The first-order valence-corrected chi connectivity index (χ1v) is 11.3. The van der Waals surface area contributed by atoms with Crippen molar-refractivity contribution < 1.29 is 33.9 Å². The highest BCUT2D eigenvalue weighted by atomic mass is 32.2. The summed E-state index contributed by atoms with van der Waals surface area (Å²) in [6.45, 7) is 5.33. The van der Waals surface area contributed by atoms with Gasteiger partial charge < -0.3 is 14.6 Å². The summed E-state index contributed by atoms with van der Waals surface area (Å²) >= 11 is 0.667. The normalized spacial score (nSPS) is 14.3. The van der Waals surface area contributed by atoms with Crippen LogP contribution in [-0.4, -0.2) is 45.2 Å². The molecule has 0 atom stereocenters. The molecule has 35 heavy (non-hydrogen) atoms. The van der Waals surface area contributed by atoms with E-state index >= 15 is 0 Å². The van der Waals surface area contributed by atoms with Crippen LogP contribution in [0.25, 0.3) is 6.08 Å². The summed E-state index contributed by atoms with van der Waals surface area (Å²) in [6, 6.07) is 9.42. The zero-order valence-corrected chi connectivity index (χ0v) is 19.6. The first-order chi connectivity index (χ1) is 16.7. The fourth-order valence-corrected chi connectivity index (χ4v) is 4.13. The van der Waals surface area contributed by atoms with Gasteiger partial charge in [0.2, 0.25) is 0 Å². The van der Waals surface area contributed by atoms with Gasteiger partial charge in [-0.15, -0.1) is 6.58 Å². The minimum atomic E-state index is -1.28. The predicted octanol–water partition coefficient (Wildman–Crippen LogP) is 4.42. The fourth-order valence-electron chi connectivity index (χ4n) is 3.29. The number of hydrogen-bond donors (Lipinski definition) is 1. The Hall–Kier alpha value is -4.12. The summed E-state index contributed by atoms with van der Waals surface area (Å²) < 4.78 is 11.8. The van der Waals surface area contributed by atoms with Crippen molar-refractivity contribution in [2.75, 3.05) is 13.2 Å². The van der Waals surface area contributed by atoms with Crippen LogP contribution in [0.15, 0.2) is 54.0 Å². The number of amides is 2. The molecule has 0 spiro atoms. The summed E-state index contributed by atoms with van der Waals surface area (Å²) in [5, 5.41) is 19.1. The van der Waals surface area contributed by atoms with Crippen LogP contribution in [0.4, 0.5) is 10.5 Å². The van der Waals surface area contributed by atoms with Crippen LogP contribution < -0.4 is 9.47 Å². The van der Waals surface area contributed by atoms with Crippen LogP contribution in [0.1, 0.15) is 23.6 Å². The Labute approximate surface area is 205 Å². The molecule has 1 saturated heterocycles. The van der Waals surface area contributed by atoms with Crippen LogP contribution in [0.5, 0.6) is 11.5 Å². The number of rotatable bonds is 11. The van der Waals surface area contributed by atoms with E-state index in [1.807, 2.05) is 0 Å². The molecule has 0 saturated carbocycles. The number of carboxylic acid groups (broad SMARTS) is 1. The largest absolute Gasteiger partial charge is 0.490 e. The Kier molecular flexibility index (Phi) is 8.26. The van der Waals surface area contributed by atoms with Gasteiger partial charge >= 0.3 is 5.97 Å². The molecule has 2 amide bonds. The number of nitro groups is 1. The second-order valence-corrected chi connectivity index (χ2v) is 8.30. The van der Waals surface area contributed by atoms with Gasteiger partial charge in [0.1, 0.15) is 13.2 Å². The number of carbonyl (C=O) groups is 3. The standard InChI is InChI=1S/C24H22N2O8S/c1-3-5-17-10-16(12-20-23(29)25(13-21(27)28)24(30)35-20)11-19(33-4-2)22(17)34-14-15-6-8-18(9-7-15)26(31)32/h3,6-12H,1,4-5,13-14H2,2H3,(H,27,28)/b20-12+. The number of ether oxygens (including phenoxy) is 2. The molecule has 11 heteroatoms. The van der Waals surface area contributed by atoms with Gasteiger partial charge in [-0.2, -0.15) is 0 Å². The predicted molar refractivity (Wildman–Crippen MR) is 129 cm³/mol. The third kappa shape index (κ3) is 6.27. The van der Waals surface area contributed by atoms with Crippen LogP contribution in [-0.2, 0) is 22.6 Å². The van der Waals surface area contributed by atoms with Gasteiger partial charge in [0.15, 0.2) is 11.5 Å². The molecule has 2 aromatic rings. The number of non-ortho nitro benzene ring substituents is 1. The van der Waals surface area contributed by atoms with E-state index in [1.54, 1.807) is 37.3 Å². The maximum Gasteiger partial charge on any atom is 0.323 e. The number of nitro benzene ring substituents is 1. The van der Waals surface area contributed by atoms with Gasteiger partial charge in [-0.3, -0.25) is 29.4 Å². The Morgan fingerprint density at radius 2 is 1.94 bits per heavy atom. The van der Waals surface area contributed by atoms with E-state index in [-0.39, 0.29) is 17.2 Å². The topological polar surface area (TPSA) is 136 Å². The van der Waals surface area contributed by atoms with Gasteiger partial charge in [0, 0.05) is 17.7 Å². The lowest BCUT2D eigenvalue weighted by molar-refractivity contribution is -0.384. The number of benzene rings is 2. The zero-order chi connectivity index (χ0) is 25.5. The van der Waals surface area contributed by atoms with Crippen LogP contribution in [0.2, 0.25) is 0 Å². The molecule has 182 valence electrons. The maximum absolute atomic E-state index is 12.5. The third-order valence-electron chi connectivity index (χ3n) is 4.81. The van der Waals surface area contributed by atoms with Crippen LogP contribution in [0.3, 0.4) is 0 Å². The number of hydrogen-bond acceptors (Lipinski definition) is 8. The molecular weight excluding hydrogens is 476 g/mol. The van der Waals surface area contributed by atoms with Crippen molar-refractivity contribution in [2.45, 2.75) is 20.0 Å². The zero-order valence-electron chi connectivity index (χ0n) is 18.8. The molecule has 1 heterocycles. The molecule has 1 aliphatic heterocycles. The average Bonchev–Trinajstić information content (AvgIpc) is 3.06. The number of allylic oxidation sites excluding steroid dienone is 1. The van der Waals surface area contributed by atoms with E-state index in [9.17, 15) is 24.5 Å². The summed E-state index contributed by atoms with van der Waals surface area (Å²) in [5.74, 6) is -1.09. The minimum absolute atomic E-state index is 0.0202. The number of nitrogens with zero attached hydrogens (tertiary/aromatic N) is 2. The average molecular weight is 499 g/mol. The SMILES string of the molecule is C=CCc1cc(/C=C2/SC(=O)N(CC(=O)O)C2=O)cc(OCC)c1OCc1ccc([N+](=O)[O-])cc1. The van der Waals surface area contributed by atoms with Crippen LogP contribution in [0, 0.1) is 10.1 Å². The molecule has 1 N–H and O–H groups in total. The van der Waals surface area contributed by atoms with Crippen molar-refractivity contribution in [1.29, 1.82) is 0 Å². The monoisotopic (exact) mass is 498 g/mol. The molecular formula is C24H22N2O8S. The number of aliphatic carboxylic acids is 1. The number of imide groups is 1. The van der Waals surface area contributed by atoms with Crippen molar-refractivity contribution in [1.82, 2.24) is 4.90 Å². The molecule has 0 aromatic heterocycles. The van der Waals surface area contributed by atoms with Gasteiger partial charge in [-0.05, 0) is 66.6 Å². The van der Waals surface area contributed by atoms with Crippen molar-refractivity contribution >= 4 is 40.6 Å². The van der Waals surface area contributed by atoms with E-state index < -0.39 is 28.6 Å². The molecule has 1 aliphatic rings. The highest BCUT2D eigenvalue weighted by Gasteiger charge is 2.36. The summed E-state index contributed by atoms with van der Waals surface area (Å²) in [6.07, 6.45) is 3.59. The Morgan fingerprint density at radius 1 is 1.23 bits per heavy atom. The van der Waals surface area contributed by atoms with E-state index in [4.69, 9.17) is 14.6 Å². The molecule has 1 fully saturated rings. The number of thioether (sulfide) groups is 1. The summed E-state index contributed by atoms with van der Waals surface area (Å²) in [5.41, 5.74) is 1.98. The van der Waals surface area contributed by atoms with Gasteiger partial charge in [0.05, 0.1) is 16.4 Å². The van der Waals surface area contributed by atoms with Gasteiger partial charge in [-0.25, -0.2) is 0 Å². The molecule has 0 bridgehead atoms. The van der Waals surface area contributed by atoms with E-state index in [0.717, 1.165) is 5.56 Å². The Bertz CT molecular complexity index is 1210. The number of carbonyl (C=O) groups excluding carboxylic acids is 2. The molecule has 2 aromatic carbocycles. The summed E-state index contributed by atoms with van der Waals surface area (Å²) in [4.78, 5) is 46.7. The van der Waals surface area contributed by atoms with E-state index in [2.05, 4.69) is 6.58 Å². The van der Waals surface area contributed by atoms with Crippen molar-refractivity contribution in [3.8, 4) is 11.5 Å². The Balaban J connectivity index is 1.91. The van der Waals surface area contributed by atoms with Crippen molar-refractivity contribution in [3.05, 3.63) is 80.8 Å². The van der Waals surface area contributed by atoms with E-state index in [0.29, 0.717) is 52.3 Å². The molecule has 0 aliphatic carbocycles. The first kappa shape index (κ1) is 25.5. The Morgan fingerprint density at radius 3 is 2.54 bits per heavy atom. The smallest absolute Gasteiger partial charge is 0.323 e. The molecule has 0 radical (unpaired) electrons. The summed E-state index contributed by atoms with van der Waals surface area (Å²) in [7, 11) is 0. The number of carboxylic acids is 1. The van der Waals surface area contributed by atoms with Gasteiger partial charge in [-0.1, -0.05) is 6.08 Å². The van der Waals surface area contributed by atoms with Crippen molar-refractivity contribution in [3.63, 3.8) is 0 Å². The highest BCUT2D eigenvalue weighted by molar-refractivity contribution is 8.18. The second kappa shape index (κ2) is 11.3. The molecule has 0 unspecified atom stereocenters. The lowest BCUT2D eigenvalue weighted by atomic mass is 10.0. The second-order valence-electron chi connectivity index (χ2n) is 7.31. The van der Waals surface area contributed by atoms with E-state index in [1.165, 1.54) is 18.2 Å². The fraction of sp³-hybridized carbons (Fsp3) is 0.208. The lowest BCUT2D eigenvalue weighted by Gasteiger charge is -2.17. The minimum Gasteiger partial charge on any atom is -0.490 e. The molecule has 3 rings (SSSR count). The third-order valence-corrected chi connectivity index (χ3v) is 5.72. The quantitative estimate of drug-likeness (QED) is 0.207. The van der Waals surface area contributed by atoms with Crippen LogP contribution >= 0.6 is 11.8 Å². The highest BCUT2D eigenvalue weighted by Crippen LogP contribution is 2.37. The maximum atomic E-state index is 12.5. The van der Waals surface area contributed by atoms with Gasteiger partial charge in [0.25, 0.3) is 16.8 Å². The first-order valence-electron chi connectivity index (χ1n) is 10.5. The lowest BCUT2D eigenvalue weighted by Crippen LogP contribution is -2.33.